The van der Waals surface area contributed by atoms with Crippen molar-refractivity contribution in [1.29, 1.82) is 5.26 Å². The van der Waals surface area contributed by atoms with Crippen molar-refractivity contribution >= 4 is 5.91 Å². The van der Waals surface area contributed by atoms with Crippen LogP contribution in [0.5, 0.6) is 5.75 Å². The average Bonchev–Trinajstić information content (AvgIpc) is 3.21. The average molecular weight is 347 g/mol. The second-order valence-corrected chi connectivity index (χ2v) is 5.56. The number of benzene rings is 1. The minimum atomic E-state index is -0.725. The van der Waals surface area contributed by atoms with Gasteiger partial charge in [-0.25, -0.2) is 9.67 Å². The van der Waals surface area contributed by atoms with Gasteiger partial charge in [-0.15, -0.1) is 0 Å². The highest BCUT2D eigenvalue weighted by atomic mass is 16.5. The van der Waals surface area contributed by atoms with Gasteiger partial charge in [-0.05, 0) is 42.8 Å². The zero-order valence-electron chi connectivity index (χ0n) is 14.2. The Kier molecular flexibility index (Phi) is 5.25. The minimum absolute atomic E-state index is 0.268. The molecule has 1 N–H and O–H groups in total. The molecule has 1 aromatic carbocycles. The number of para-hydroxylation sites is 1. The van der Waals surface area contributed by atoms with E-state index in [9.17, 15) is 4.79 Å². The van der Waals surface area contributed by atoms with Gasteiger partial charge >= 0.3 is 0 Å². The summed E-state index contributed by atoms with van der Waals surface area (Å²) in [4.78, 5) is 16.5. The van der Waals surface area contributed by atoms with Crippen molar-refractivity contribution < 1.29 is 9.53 Å². The lowest BCUT2D eigenvalue weighted by Gasteiger charge is -2.15. The number of nitrogens with one attached hydrogen (secondary N) is 1. The number of carbonyl (C=O) groups excluding carboxylic acids is 1. The van der Waals surface area contributed by atoms with Gasteiger partial charge in [0.05, 0.1) is 5.56 Å². The maximum Gasteiger partial charge on any atom is 0.261 e. The second-order valence-electron chi connectivity index (χ2n) is 5.56. The topological polar surface area (TPSA) is 92.8 Å². The van der Waals surface area contributed by atoms with Crippen molar-refractivity contribution in [3.8, 4) is 17.6 Å². The summed E-state index contributed by atoms with van der Waals surface area (Å²) in [6, 6.07) is 14.4. The lowest BCUT2D eigenvalue weighted by molar-refractivity contribution is -0.127. The first-order chi connectivity index (χ1) is 12.7. The molecule has 3 rings (SSSR count). The highest BCUT2D eigenvalue weighted by Gasteiger charge is 2.16. The summed E-state index contributed by atoms with van der Waals surface area (Å²) >= 11 is 0. The Hall–Kier alpha value is -3.66. The van der Waals surface area contributed by atoms with Crippen LogP contribution in [0.1, 0.15) is 18.1 Å². The highest BCUT2D eigenvalue weighted by molar-refractivity contribution is 5.80. The second kappa shape index (κ2) is 7.94. The third-order valence-electron chi connectivity index (χ3n) is 3.70. The van der Waals surface area contributed by atoms with E-state index >= 15 is 0 Å². The molecule has 0 radical (unpaired) electrons. The Morgan fingerprint density at radius 3 is 2.92 bits per heavy atom. The van der Waals surface area contributed by atoms with Crippen LogP contribution >= 0.6 is 0 Å². The predicted molar refractivity (Wildman–Crippen MR) is 94.5 cm³/mol. The molecule has 0 spiro atoms. The highest BCUT2D eigenvalue weighted by Crippen LogP contribution is 2.18. The van der Waals surface area contributed by atoms with Crippen molar-refractivity contribution in [1.82, 2.24) is 20.1 Å². The van der Waals surface area contributed by atoms with Crippen molar-refractivity contribution in [2.75, 3.05) is 0 Å². The Morgan fingerprint density at radius 2 is 2.15 bits per heavy atom. The van der Waals surface area contributed by atoms with E-state index in [1.54, 1.807) is 54.5 Å². The van der Waals surface area contributed by atoms with Crippen LogP contribution in [0.3, 0.4) is 0 Å². The van der Waals surface area contributed by atoms with Crippen LogP contribution in [0.4, 0.5) is 0 Å². The normalized spacial score (nSPS) is 11.4. The van der Waals surface area contributed by atoms with Gasteiger partial charge in [0.1, 0.15) is 11.8 Å². The number of nitriles is 1. The molecule has 130 valence electrons. The number of carbonyl (C=O) groups is 1. The van der Waals surface area contributed by atoms with Gasteiger partial charge in [0.2, 0.25) is 0 Å². The van der Waals surface area contributed by atoms with Crippen molar-refractivity contribution in [2.45, 2.75) is 19.6 Å². The van der Waals surface area contributed by atoms with E-state index in [-0.39, 0.29) is 5.91 Å². The molecule has 1 amide bonds. The van der Waals surface area contributed by atoms with Crippen molar-refractivity contribution in [3.05, 3.63) is 72.2 Å². The first-order valence-electron chi connectivity index (χ1n) is 8.06. The Bertz CT molecular complexity index is 931. The molecule has 7 heteroatoms. The molecule has 3 aromatic rings. The Balaban J connectivity index is 1.60. The molecule has 0 bridgehead atoms. The van der Waals surface area contributed by atoms with Gasteiger partial charge < -0.3 is 10.1 Å². The van der Waals surface area contributed by atoms with Crippen molar-refractivity contribution in [2.24, 2.45) is 0 Å². The molecular formula is C19H17N5O2. The summed E-state index contributed by atoms with van der Waals surface area (Å²) in [5, 5.41) is 16.0. The summed E-state index contributed by atoms with van der Waals surface area (Å²) < 4.78 is 7.26. The van der Waals surface area contributed by atoms with Crippen molar-refractivity contribution in [3.63, 3.8) is 0 Å². The fraction of sp³-hybridized carbons (Fsp3) is 0.158. The van der Waals surface area contributed by atoms with E-state index in [1.807, 2.05) is 24.3 Å². The van der Waals surface area contributed by atoms with E-state index in [4.69, 9.17) is 10.00 Å². The number of ether oxygens (including phenoxy) is 1. The molecule has 0 fully saturated rings. The standard InChI is InChI=1S/C19H17N5O2/c1-14(26-17-6-3-2-5-16(17)12-20)19(25)22-13-15-7-9-21-18(11-15)24-10-4-8-23-24/h2-11,14H,13H2,1H3,(H,22,25). The van der Waals surface area contributed by atoms with Crippen LogP contribution in [-0.2, 0) is 11.3 Å². The van der Waals surface area contributed by atoms with E-state index < -0.39 is 6.10 Å². The first-order valence-corrected chi connectivity index (χ1v) is 8.06. The number of pyridine rings is 1. The third-order valence-corrected chi connectivity index (χ3v) is 3.70. The largest absolute Gasteiger partial charge is 0.480 e. The summed E-state index contributed by atoms with van der Waals surface area (Å²) in [7, 11) is 0. The van der Waals surface area contributed by atoms with Gasteiger partial charge in [-0.3, -0.25) is 4.79 Å². The molecule has 0 saturated carbocycles. The van der Waals surface area contributed by atoms with Gasteiger partial charge in [-0.2, -0.15) is 10.4 Å². The smallest absolute Gasteiger partial charge is 0.261 e. The molecule has 0 saturated heterocycles. The summed E-state index contributed by atoms with van der Waals surface area (Å²) in [5.74, 6) is 0.798. The van der Waals surface area contributed by atoms with Gasteiger partial charge in [0.25, 0.3) is 5.91 Å². The van der Waals surface area contributed by atoms with Crippen LogP contribution in [0.2, 0.25) is 0 Å². The minimum Gasteiger partial charge on any atom is -0.480 e. The van der Waals surface area contributed by atoms with E-state index in [0.717, 1.165) is 5.56 Å². The van der Waals surface area contributed by atoms with E-state index in [0.29, 0.717) is 23.7 Å². The van der Waals surface area contributed by atoms with Crippen LogP contribution in [0.15, 0.2) is 61.1 Å². The van der Waals surface area contributed by atoms with Gasteiger partial charge in [-0.1, -0.05) is 12.1 Å². The quantitative estimate of drug-likeness (QED) is 0.738. The number of nitrogens with zero attached hydrogens (tertiary/aromatic N) is 4. The molecular weight excluding hydrogens is 330 g/mol. The lowest BCUT2D eigenvalue weighted by atomic mass is 10.2. The SMILES string of the molecule is CC(Oc1ccccc1C#N)C(=O)NCc1ccnc(-n2cccn2)c1. The molecule has 2 aromatic heterocycles. The summed E-state index contributed by atoms with van der Waals surface area (Å²) in [5.41, 5.74) is 1.29. The maximum atomic E-state index is 12.3. The third kappa shape index (κ3) is 4.05. The number of hydrogen-bond acceptors (Lipinski definition) is 5. The molecule has 7 nitrogen and oxygen atoms in total. The van der Waals surface area contributed by atoms with Crippen LogP contribution in [0, 0.1) is 11.3 Å². The predicted octanol–water partition coefficient (Wildman–Crippen LogP) is 2.22. The molecule has 1 unspecified atom stereocenters. The number of amides is 1. The molecule has 2 heterocycles. The maximum absolute atomic E-state index is 12.3. The first kappa shape index (κ1) is 17.2. The lowest BCUT2D eigenvalue weighted by Crippen LogP contribution is -2.36. The number of rotatable bonds is 6. The molecule has 1 atom stereocenters. The Morgan fingerprint density at radius 1 is 1.31 bits per heavy atom. The fourth-order valence-electron chi connectivity index (χ4n) is 2.34. The number of hydrogen-bond donors (Lipinski definition) is 1. The summed E-state index contributed by atoms with van der Waals surface area (Å²) in [6.07, 6.45) is 4.42. The zero-order chi connectivity index (χ0) is 18.4. The van der Waals surface area contributed by atoms with Gasteiger partial charge in [0.15, 0.2) is 11.9 Å². The molecule has 26 heavy (non-hydrogen) atoms. The van der Waals surface area contributed by atoms with Gasteiger partial charge in [0, 0.05) is 25.1 Å². The van der Waals surface area contributed by atoms with Crippen LogP contribution < -0.4 is 10.1 Å². The summed E-state index contributed by atoms with van der Waals surface area (Å²) in [6.45, 7) is 1.98. The van der Waals surface area contributed by atoms with Crippen LogP contribution in [0.25, 0.3) is 5.82 Å². The monoisotopic (exact) mass is 347 g/mol. The number of aromatic nitrogens is 3. The van der Waals surface area contributed by atoms with E-state index in [1.165, 1.54) is 0 Å². The van der Waals surface area contributed by atoms with Crippen LogP contribution in [-0.4, -0.2) is 26.8 Å². The van der Waals surface area contributed by atoms with E-state index in [2.05, 4.69) is 15.4 Å². The molecule has 0 aliphatic rings. The molecule has 0 aliphatic heterocycles. The fourth-order valence-corrected chi connectivity index (χ4v) is 2.34. The zero-order valence-corrected chi connectivity index (χ0v) is 14.2. The molecule has 0 aliphatic carbocycles. The Labute approximate surface area is 150 Å².